The number of fused-ring (bicyclic) bond motifs is 1. The van der Waals surface area contributed by atoms with E-state index in [0.29, 0.717) is 21.4 Å². The van der Waals surface area contributed by atoms with Gasteiger partial charge in [0.1, 0.15) is 5.69 Å². The molecule has 7 heteroatoms. The molecule has 0 radical (unpaired) electrons. The molecule has 3 aromatic rings. The van der Waals surface area contributed by atoms with Crippen LogP contribution in [-0.4, -0.2) is 35.5 Å². The molecule has 2 N–H and O–H groups in total. The maximum absolute atomic E-state index is 12.6. The Morgan fingerprint density at radius 1 is 1.12 bits per heavy atom. The number of halogens is 2. The highest BCUT2D eigenvalue weighted by atomic mass is 35.5. The van der Waals surface area contributed by atoms with Gasteiger partial charge in [0.15, 0.2) is 0 Å². The molecule has 0 atom stereocenters. The predicted octanol–water partition coefficient (Wildman–Crippen LogP) is 5.28. The largest absolute Gasteiger partial charge is 0.369 e. The number of aromatic amines is 1. The van der Waals surface area contributed by atoms with E-state index < -0.39 is 0 Å². The van der Waals surface area contributed by atoms with Crippen LogP contribution in [0.15, 0.2) is 42.5 Å². The maximum atomic E-state index is 12.6. The van der Waals surface area contributed by atoms with Crippen molar-refractivity contribution < 1.29 is 4.79 Å². The molecular formula is C19H17Cl2N3OS. The molecule has 2 heterocycles. The van der Waals surface area contributed by atoms with Gasteiger partial charge >= 0.3 is 0 Å². The number of anilines is 2. The van der Waals surface area contributed by atoms with Gasteiger partial charge in [-0.1, -0.05) is 41.4 Å². The first-order chi connectivity index (χ1) is 12.6. The van der Waals surface area contributed by atoms with Crippen LogP contribution >= 0.6 is 35.0 Å². The average molecular weight is 406 g/mol. The van der Waals surface area contributed by atoms with Gasteiger partial charge in [0.25, 0.3) is 5.91 Å². The molecule has 134 valence electrons. The monoisotopic (exact) mass is 405 g/mol. The zero-order chi connectivity index (χ0) is 18.1. The lowest BCUT2D eigenvalue weighted by molar-refractivity contribution is 0.102. The van der Waals surface area contributed by atoms with E-state index in [-0.39, 0.29) is 5.91 Å². The smallest absolute Gasteiger partial charge is 0.273 e. The van der Waals surface area contributed by atoms with Crippen molar-refractivity contribution in [3.05, 3.63) is 58.2 Å². The van der Waals surface area contributed by atoms with E-state index in [4.69, 9.17) is 23.2 Å². The molecule has 0 spiro atoms. The van der Waals surface area contributed by atoms with Crippen molar-refractivity contribution in [2.45, 2.75) is 0 Å². The molecule has 1 saturated heterocycles. The number of rotatable bonds is 3. The maximum Gasteiger partial charge on any atom is 0.273 e. The number of amides is 1. The van der Waals surface area contributed by atoms with Crippen LogP contribution in [0, 0.1) is 0 Å². The van der Waals surface area contributed by atoms with Gasteiger partial charge in [-0.15, -0.1) is 0 Å². The van der Waals surface area contributed by atoms with Crippen molar-refractivity contribution in [2.75, 3.05) is 34.8 Å². The van der Waals surface area contributed by atoms with E-state index >= 15 is 0 Å². The molecule has 1 aliphatic heterocycles. The SMILES string of the molecule is O=C(Nc1ccc(N2CCSCC2)c(Cl)c1)c1[nH]c2ccccc2c1Cl. The Morgan fingerprint density at radius 3 is 2.62 bits per heavy atom. The number of carbonyl (C=O) groups is 1. The standard InChI is InChI=1S/C19H17Cl2N3OS/c20-14-11-12(5-6-16(14)24-7-9-26-10-8-24)22-19(25)18-17(21)13-3-1-2-4-15(13)23-18/h1-6,11,23H,7-10H2,(H,22,25). The third-order valence-electron chi connectivity index (χ3n) is 4.43. The minimum atomic E-state index is -0.288. The summed E-state index contributed by atoms with van der Waals surface area (Å²) in [7, 11) is 0. The number of nitrogens with one attached hydrogen (secondary N) is 2. The molecule has 2 aromatic carbocycles. The molecule has 4 rings (SSSR count). The first-order valence-corrected chi connectivity index (χ1v) is 10.2. The second-order valence-corrected chi connectivity index (χ2v) is 8.09. The summed E-state index contributed by atoms with van der Waals surface area (Å²) in [5.41, 5.74) is 2.83. The molecule has 4 nitrogen and oxygen atoms in total. The Labute approximate surface area is 165 Å². The zero-order valence-electron chi connectivity index (χ0n) is 13.9. The number of benzene rings is 2. The summed E-state index contributed by atoms with van der Waals surface area (Å²) in [6, 6.07) is 13.2. The molecule has 1 aliphatic rings. The molecular weight excluding hydrogens is 389 g/mol. The normalized spacial score (nSPS) is 14.6. The van der Waals surface area contributed by atoms with Gasteiger partial charge in [-0.25, -0.2) is 0 Å². The van der Waals surface area contributed by atoms with Crippen LogP contribution in [0.2, 0.25) is 10.0 Å². The van der Waals surface area contributed by atoms with Crippen LogP contribution in [0.1, 0.15) is 10.5 Å². The fourth-order valence-corrected chi connectivity index (χ4v) is 4.60. The molecule has 1 amide bonds. The van der Waals surface area contributed by atoms with Crippen molar-refractivity contribution >= 4 is 63.1 Å². The predicted molar refractivity (Wildman–Crippen MR) is 112 cm³/mol. The lowest BCUT2D eigenvalue weighted by atomic mass is 10.2. The summed E-state index contributed by atoms with van der Waals surface area (Å²) >= 11 is 14.8. The molecule has 1 aromatic heterocycles. The highest BCUT2D eigenvalue weighted by Gasteiger charge is 2.18. The second kappa shape index (κ2) is 7.43. The lowest BCUT2D eigenvalue weighted by Gasteiger charge is -2.29. The van der Waals surface area contributed by atoms with Crippen molar-refractivity contribution in [1.82, 2.24) is 4.98 Å². The lowest BCUT2D eigenvalue weighted by Crippen LogP contribution is -2.32. The van der Waals surface area contributed by atoms with E-state index in [1.54, 1.807) is 6.07 Å². The third kappa shape index (κ3) is 3.39. The highest BCUT2D eigenvalue weighted by molar-refractivity contribution is 7.99. The van der Waals surface area contributed by atoms with Crippen LogP contribution in [0.25, 0.3) is 10.9 Å². The molecule has 0 unspecified atom stereocenters. The second-order valence-electron chi connectivity index (χ2n) is 6.08. The summed E-state index contributed by atoms with van der Waals surface area (Å²) in [4.78, 5) is 18.0. The number of hydrogen-bond acceptors (Lipinski definition) is 3. The minimum absolute atomic E-state index is 0.288. The minimum Gasteiger partial charge on any atom is -0.369 e. The number of para-hydroxylation sites is 1. The highest BCUT2D eigenvalue weighted by Crippen LogP contribution is 2.32. The third-order valence-corrected chi connectivity index (χ3v) is 6.06. The number of hydrogen-bond donors (Lipinski definition) is 2. The fraction of sp³-hybridized carbons (Fsp3) is 0.211. The van der Waals surface area contributed by atoms with E-state index in [1.807, 2.05) is 48.2 Å². The van der Waals surface area contributed by atoms with Crippen LogP contribution in [0.4, 0.5) is 11.4 Å². The Hall–Kier alpha value is -1.82. The summed E-state index contributed by atoms with van der Waals surface area (Å²) in [5, 5.41) is 4.76. The first-order valence-electron chi connectivity index (χ1n) is 8.33. The van der Waals surface area contributed by atoms with Crippen molar-refractivity contribution in [1.29, 1.82) is 0 Å². The zero-order valence-corrected chi connectivity index (χ0v) is 16.2. The van der Waals surface area contributed by atoms with Gasteiger partial charge < -0.3 is 15.2 Å². The molecule has 26 heavy (non-hydrogen) atoms. The number of nitrogens with zero attached hydrogens (tertiary/aromatic N) is 1. The van der Waals surface area contributed by atoms with Crippen LogP contribution in [0.5, 0.6) is 0 Å². The summed E-state index contributed by atoms with van der Waals surface area (Å²) < 4.78 is 0. The van der Waals surface area contributed by atoms with Gasteiger partial charge in [0, 0.05) is 41.2 Å². The van der Waals surface area contributed by atoms with Crippen LogP contribution in [0.3, 0.4) is 0 Å². The molecule has 0 aliphatic carbocycles. The van der Waals surface area contributed by atoms with E-state index in [1.165, 1.54) is 0 Å². The van der Waals surface area contributed by atoms with Gasteiger partial charge in [-0.2, -0.15) is 11.8 Å². The summed E-state index contributed by atoms with van der Waals surface area (Å²) in [6.45, 7) is 1.97. The van der Waals surface area contributed by atoms with Gasteiger partial charge in [-0.05, 0) is 24.3 Å². The van der Waals surface area contributed by atoms with Gasteiger partial charge in [0.2, 0.25) is 0 Å². The van der Waals surface area contributed by atoms with Crippen LogP contribution in [-0.2, 0) is 0 Å². The van der Waals surface area contributed by atoms with Gasteiger partial charge in [0.05, 0.1) is 15.7 Å². The number of thioether (sulfide) groups is 1. The van der Waals surface area contributed by atoms with Crippen molar-refractivity contribution in [3.63, 3.8) is 0 Å². The fourth-order valence-electron chi connectivity index (χ4n) is 3.10. The summed E-state index contributed by atoms with van der Waals surface area (Å²) in [5.74, 6) is 1.92. The number of H-pyrrole nitrogens is 1. The van der Waals surface area contributed by atoms with E-state index in [0.717, 1.165) is 41.2 Å². The number of aromatic nitrogens is 1. The Balaban J connectivity index is 1.55. The van der Waals surface area contributed by atoms with E-state index in [2.05, 4.69) is 15.2 Å². The van der Waals surface area contributed by atoms with Crippen LogP contribution < -0.4 is 10.2 Å². The topological polar surface area (TPSA) is 48.1 Å². The Morgan fingerprint density at radius 2 is 1.88 bits per heavy atom. The van der Waals surface area contributed by atoms with Crippen molar-refractivity contribution in [2.24, 2.45) is 0 Å². The Kier molecular flexibility index (Phi) is 5.02. The number of carbonyl (C=O) groups excluding carboxylic acids is 1. The first kappa shape index (κ1) is 17.6. The average Bonchev–Trinajstić information content (AvgIpc) is 3.00. The van der Waals surface area contributed by atoms with Gasteiger partial charge in [-0.3, -0.25) is 4.79 Å². The molecule has 0 bridgehead atoms. The summed E-state index contributed by atoms with van der Waals surface area (Å²) in [6.07, 6.45) is 0. The molecule has 0 saturated carbocycles. The quantitative estimate of drug-likeness (QED) is 0.622. The Bertz CT molecular complexity index is 967. The molecule has 1 fully saturated rings. The van der Waals surface area contributed by atoms with Crippen molar-refractivity contribution in [3.8, 4) is 0 Å². The van der Waals surface area contributed by atoms with E-state index in [9.17, 15) is 4.79 Å².